The maximum atomic E-state index is 14.8. The van der Waals surface area contributed by atoms with E-state index < -0.39 is 215 Å². The van der Waals surface area contributed by atoms with Crippen molar-refractivity contribution < 1.29 is 86.6 Å². The summed E-state index contributed by atoms with van der Waals surface area (Å²) in [4.78, 5) is 241. The topological polar surface area (TPSA) is 689 Å². The Morgan fingerprint density at radius 3 is 0.952 bits per heavy atom. The zero-order valence-electron chi connectivity index (χ0n) is 77.5. The second kappa shape index (κ2) is 59.9. The van der Waals surface area contributed by atoms with Crippen LogP contribution in [0.5, 0.6) is 0 Å². The molecular weight excluding hydrogens is 1630 g/mol. The number of carbonyl (C=O) groups excluding carboxylic acids is 16. The van der Waals surface area contributed by atoms with Crippen LogP contribution in [-0.4, -0.2) is 258 Å². The number of rotatable bonds is 62. The number of nitrogens with one attached hydrogen (secondary N) is 15. The van der Waals surface area contributed by atoms with Gasteiger partial charge in [0.1, 0.15) is 96.7 Å². The molecule has 1 heterocycles. The van der Waals surface area contributed by atoms with E-state index in [2.05, 4.69) is 84.7 Å². The lowest BCUT2D eigenvalue weighted by Crippen LogP contribution is -2.61. The summed E-state index contributed by atoms with van der Waals surface area (Å²) < 4.78 is 0. The molecule has 42 nitrogen and oxygen atoms in total. The molecule has 1 aliphatic heterocycles. The van der Waals surface area contributed by atoms with Crippen LogP contribution in [0.2, 0.25) is 0 Å². The van der Waals surface area contributed by atoms with Crippen LogP contribution in [-0.2, 0) is 81.5 Å². The third-order valence-corrected chi connectivity index (χ3v) is 21.0. The number of carbonyl (C=O) groups is 17. The van der Waals surface area contributed by atoms with E-state index in [4.69, 9.17) is 40.1 Å². The highest BCUT2D eigenvalue weighted by atomic mass is 16.4. The van der Waals surface area contributed by atoms with Crippen molar-refractivity contribution >= 4 is 106 Å². The van der Waals surface area contributed by atoms with Gasteiger partial charge in [0.2, 0.25) is 94.5 Å². The number of nitrogens with zero attached hydrogens (tertiary/aromatic N) is 2. The van der Waals surface area contributed by atoms with Crippen LogP contribution in [0.25, 0.3) is 0 Å². The van der Waals surface area contributed by atoms with Crippen LogP contribution in [0.1, 0.15) is 246 Å². The van der Waals surface area contributed by atoms with Crippen LogP contribution in [0.15, 0.2) is 4.99 Å². The van der Waals surface area contributed by atoms with Crippen molar-refractivity contribution in [3.8, 4) is 0 Å². The number of hydrogen-bond acceptors (Lipinski definition) is 23. The third kappa shape index (κ3) is 43.5. The normalized spacial score (nSPS) is 16.5. The molecular formula is C84H156N24O18. The van der Waals surface area contributed by atoms with E-state index in [1.54, 1.807) is 27.7 Å². The highest BCUT2D eigenvalue weighted by Crippen LogP contribution is 2.23. The molecule has 0 unspecified atom stereocenters. The molecule has 720 valence electrons. The number of aliphatic carboxylic acids is 1. The molecule has 30 N–H and O–H groups in total. The largest absolute Gasteiger partial charge is 0.480 e. The Balaban J connectivity index is 3.32. The molecule has 1 fully saturated rings. The summed E-state index contributed by atoms with van der Waals surface area (Å²) >= 11 is 0. The highest BCUT2D eigenvalue weighted by Gasteiger charge is 2.43. The first-order valence-corrected chi connectivity index (χ1v) is 44.8. The number of amides is 16. The fourth-order valence-corrected chi connectivity index (χ4v) is 13.7. The van der Waals surface area contributed by atoms with Gasteiger partial charge in [0.15, 0.2) is 5.96 Å². The number of hydrogen-bond donors (Lipinski definition) is 23. The molecule has 0 aromatic rings. The maximum absolute atomic E-state index is 14.8. The third-order valence-electron chi connectivity index (χ3n) is 21.0. The summed E-state index contributed by atoms with van der Waals surface area (Å²) in [5.74, 6) is -15.3. The van der Waals surface area contributed by atoms with Gasteiger partial charge in [-0.15, -0.1) is 0 Å². The van der Waals surface area contributed by atoms with Crippen molar-refractivity contribution in [2.24, 2.45) is 80.6 Å². The van der Waals surface area contributed by atoms with E-state index in [1.807, 2.05) is 55.4 Å². The van der Waals surface area contributed by atoms with Crippen LogP contribution in [0, 0.1) is 35.5 Å². The summed E-state index contributed by atoms with van der Waals surface area (Å²) in [6.45, 7) is 29.1. The lowest BCUT2D eigenvalue weighted by atomic mass is 9.97. The Bertz CT molecular complexity index is 3550. The predicted molar refractivity (Wildman–Crippen MR) is 477 cm³/mol. The fraction of sp³-hybridized carbons (Fsp3) is 0.786. The zero-order chi connectivity index (χ0) is 95.9. The Labute approximate surface area is 743 Å². The molecule has 1 rings (SSSR count). The Hall–Kier alpha value is -9.94. The Morgan fingerprint density at radius 2 is 0.603 bits per heavy atom. The van der Waals surface area contributed by atoms with Gasteiger partial charge in [0, 0.05) is 13.1 Å². The number of carboxylic acids is 1. The first-order valence-electron chi connectivity index (χ1n) is 44.8. The van der Waals surface area contributed by atoms with Crippen LogP contribution < -0.4 is 120 Å². The second-order valence-electron chi connectivity index (χ2n) is 35.3. The van der Waals surface area contributed by atoms with Gasteiger partial charge in [0.05, 0.1) is 6.04 Å². The van der Waals surface area contributed by atoms with Crippen molar-refractivity contribution in [3.05, 3.63) is 0 Å². The first-order chi connectivity index (χ1) is 59.0. The predicted octanol–water partition coefficient (Wildman–Crippen LogP) is -3.17. The molecule has 16 amide bonds. The van der Waals surface area contributed by atoms with Gasteiger partial charge in [-0.2, -0.15) is 0 Å². The van der Waals surface area contributed by atoms with E-state index in [-0.39, 0.29) is 120 Å². The van der Waals surface area contributed by atoms with Gasteiger partial charge in [-0.25, -0.2) is 0 Å². The van der Waals surface area contributed by atoms with Gasteiger partial charge in [0.25, 0.3) is 0 Å². The molecule has 0 spiro atoms. The molecule has 42 heteroatoms. The lowest BCUT2D eigenvalue weighted by Gasteiger charge is -2.32. The van der Waals surface area contributed by atoms with E-state index >= 15 is 0 Å². The van der Waals surface area contributed by atoms with Crippen molar-refractivity contribution in [1.82, 2.24) is 84.7 Å². The minimum atomic E-state index is -1.36. The van der Waals surface area contributed by atoms with E-state index in [9.17, 15) is 86.6 Å². The summed E-state index contributed by atoms with van der Waals surface area (Å²) in [6, 6.07) is -21.0. The number of likely N-dealkylation sites (tertiary alicyclic amines) is 1. The van der Waals surface area contributed by atoms with Gasteiger partial charge < -0.3 is 130 Å². The molecule has 0 saturated carbocycles. The highest BCUT2D eigenvalue weighted by molar-refractivity contribution is 6.01. The molecule has 0 radical (unpaired) electrons. The number of carboxylic acid groups (broad SMARTS) is 1. The number of aliphatic imine (C=N–C) groups is 1. The molecule has 0 aromatic heterocycles. The van der Waals surface area contributed by atoms with Crippen molar-refractivity contribution in [2.45, 2.75) is 349 Å². The smallest absolute Gasteiger partial charge is 0.325 e. The number of unbranched alkanes of at least 4 members (excludes halogenated alkanes) is 4. The van der Waals surface area contributed by atoms with Crippen LogP contribution in [0.3, 0.4) is 0 Å². The maximum Gasteiger partial charge on any atom is 0.325 e. The van der Waals surface area contributed by atoms with Gasteiger partial charge >= 0.3 is 5.97 Å². The second-order valence-corrected chi connectivity index (χ2v) is 35.3. The number of guanidine groups is 1. The summed E-state index contributed by atoms with van der Waals surface area (Å²) in [6.07, 6.45) is 5.43. The van der Waals surface area contributed by atoms with E-state index in [0.29, 0.717) is 77.3 Å². The van der Waals surface area contributed by atoms with Crippen molar-refractivity contribution in [1.29, 1.82) is 0 Å². The monoisotopic (exact) mass is 1790 g/mol. The molecule has 1 saturated heterocycles. The van der Waals surface area contributed by atoms with Crippen LogP contribution >= 0.6 is 0 Å². The SMILES string of the molecule is CC(C)C[C@H](NC(=O)[C@H](CC(C)C)NC(=O)[C@@H](NC(=O)[C@@H]1CCCN1C(=O)[C@H](CC(C)C)NC(=O)[C@H](CC(C)C)NC(=O)[C@@H](NC(=O)[C@H](C)NC(=O)[C@H](C)NC(=O)[C@H](C)NC(=O)[C@H](C)NC(=O)[C@H](CCCCN)NC(=O)[C@H](CCCN=C(N)N)NC(=O)[C@H](CCCCN)NC(=O)[C@H](CCCCN)NC(=O)[C@@H](N)CCCCN)C(C)C)C(C)C)C(=O)N[C@@H](C)C(=O)O. The summed E-state index contributed by atoms with van der Waals surface area (Å²) in [5.41, 5.74) is 40.3. The molecule has 0 aromatic carbocycles. The lowest BCUT2D eigenvalue weighted by molar-refractivity contribution is -0.143. The zero-order valence-corrected chi connectivity index (χ0v) is 77.5. The van der Waals surface area contributed by atoms with Crippen molar-refractivity contribution in [2.75, 3.05) is 39.3 Å². The molecule has 0 aliphatic carbocycles. The first kappa shape index (κ1) is 114. The average Bonchev–Trinajstić information content (AvgIpc) is 1.62. The van der Waals surface area contributed by atoms with Crippen LogP contribution in [0.4, 0.5) is 0 Å². The van der Waals surface area contributed by atoms with E-state index in [1.165, 1.54) is 39.5 Å². The number of nitrogens with two attached hydrogens (primary N) is 7. The van der Waals surface area contributed by atoms with Gasteiger partial charge in [-0.05, 0) is 218 Å². The summed E-state index contributed by atoms with van der Waals surface area (Å²) in [5, 5.41) is 49.2. The fourth-order valence-electron chi connectivity index (χ4n) is 13.7. The van der Waals surface area contributed by atoms with E-state index in [0.717, 1.165) is 0 Å². The van der Waals surface area contributed by atoms with Crippen molar-refractivity contribution in [3.63, 3.8) is 0 Å². The minimum absolute atomic E-state index is 0.00587. The molecule has 126 heavy (non-hydrogen) atoms. The summed E-state index contributed by atoms with van der Waals surface area (Å²) in [7, 11) is 0. The minimum Gasteiger partial charge on any atom is -0.480 e. The molecule has 0 bridgehead atoms. The average molecular weight is 1790 g/mol. The Kier molecular flexibility index (Phi) is 54.2. The standard InChI is InChI=1S/C84H156N24O18/c1-44(2)40-60(76(118)97-54(17)83(125)126)102-77(119)61(41-45(3)4)103-81(123)66(49(11)12)107-79(121)64-33-27-39-108(64)82(124)63(43-47(7)8)105-78(120)62(42-46(5)6)104-80(122)65(48(9)10)106-70(112)53(16)95-68(110)51(14)93-67(109)50(13)94-69(111)52(15)96-72(114)56(29-19-23-35-86)99-75(117)59(32-26-38-92-84(90)91)101-74(116)58(31-21-25-37-88)100-73(115)57(30-20-24-36-87)98-71(113)55(89)28-18-22-34-85/h44-66H,18-43,85-89H2,1-17H3,(H,93,109)(H,94,111)(H,95,110)(H,96,114)(H,97,118)(H,98,113)(H,99,117)(H,100,115)(H,101,116)(H,102,119)(H,103,123)(H,104,122)(H,105,120)(H,106,112)(H,107,121)(H,125,126)(H4,90,91,92)/t50-,51-,52-,53-,54-,55-,56-,57-,58-,59-,60-,61-,62-,63-,64-,65-,66-/m0/s1. The van der Waals surface area contributed by atoms with Gasteiger partial charge in [-0.1, -0.05) is 89.5 Å². The van der Waals surface area contributed by atoms with Gasteiger partial charge in [-0.3, -0.25) is 86.5 Å². The molecule has 17 atom stereocenters. The quantitative estimate of drug-likeness (QED) is 0.0162. The molecule has 1 aliphatic rings. The Morgan fingerprint density at radius 1 is 0.325 bits per heavy atom.